The third-order valence-electron chi connectivity index (χ3n) is 4.07. The smallest absolute Gasteiger partial charge is 0.141 e. The van der Waals surface area contributed by atoms with Gasteiger partial charge >= 0.3 is 0 Å². The Morgan fingerprint density at radius 1 is 1.18 bits per heavy atom. The summed E-state index contributed by atoms with van der Waals surface area (Å²) < 4.78 is 12.9. The van der Waals surface area contributed by atoms with Crippen molar-refractivity contribution in [2.45, 2.75) is 32.7 Å². The molecule has 22 heavy (non-hydrogen) atoms. The fourth-order valence-corrected chi connectivity index (χ4v) is 2.77. The third kappa shape index (κ3) is 3.18. The number of anilines is 2. The maximum Gasteiger partial charge on any atom is 0.141 e. The quantitative estimate of drug-likeness (QED) is 0.935. The van der Waals surface area contributed by atoms with Gasteiger partial charge in [-0.15, -0.1) is 0 Å². The van der Waals surface area contributed by atoms with Crippen LogP contribution in [0.15, 0.2) is 30.5 Å². The lowest BCUT2D eigenvalue weighted by molar-refractivity contribution is 0.617. The molecule has 0 unspecified atom stereocenters. The van der Waals surface area contributed by atoms with Crippen molar-refractivity contribution in [3.8, 4) is 0 Å². The first-order valence-corrected chi connectivity index (χ1v) is 7.74. The van der Waals surface area contributed by atoms with Crippen molar-refractivity contribution >= 4 is 11.5 Å². The zero-order chi connectivity index (χ0) is 15.5. The van der Waals surface area contributed by atoms with Gasteiger partial charge in [-0.1, -0.05) is 0 Å². The van der Waals surface area contributed by atoms with Gasteiger partial charge in [0.05, 0.1) is 29.3 Å². The zero-order valence-electron chi connectivity index (χ0n) is 13.0. The molecule has 0 aromatic carbocycles. The van der Waals surface area contributed by atoms with Crippen molar-refractivity contribution in [3.05, 3.63) is 47.7 Å². The molecule has 2 aromatic rings. The Morgan fingerprint density at radius 2 is 1.95 bits per heavy atom. The lowest BCUT2D eigenvalue weighted by Gasteiger charge is -2.20. The van der Waals surface area contributed by atoms with Gasteiger partial charge in [-0.3, -0.25) is 4.98 Å². The Hall–Kier alpha value is -2.17. The predicted molar refractivity (Wildman–Crippen MR) is 86.7 cm³/mol. The molecule has 0 spiro atoms. The number of hydrogen-bond donors (Lipinski definition) is 1. The summed E-state index contributed by atoms with van der Waals surface area (Å²) >= 11 is 0. The summed E-state index contributed by atoms with van der Waals surface area (Å²) in [7, 11) is 0. The van der Waals surface area contributed by atoms with Crippen molar-refractivity contribution in [2.75, 3.05) is 23.3 Å². The van der Waals surface area contributed by atoms with Crippen LogP contribution >= 0.6 is 0 Å². The summed E-state index contributed by atoms with van der Waals surface area (Å²) in [5.74, 6) is 0.733. The van der Waals surface area contributed by atoms with Crippen LogP contribution in [0.1, 0.15) is 37.2 Å². The number of halogens is 1. The molecular weight excluding hydrogens is 279 g/mol. The van der Waals surface area contributed by atoms with E-state index < -0.39 is 0 Å². The van der Waals surface area contributed by atoms with E-state index in [1.807, 2.05) is 13.8 Å². The average molecular weight is 300 g/mol. The van der Waals surface area contributed by atoms with Crippen LogP contribution in [0.4, 0.5) is 15.9 Å². The van der Waals surface area contributed by atoms with E-state index in [0.29, 0.717) is 0 Å². The molecule has 116 valence electrons. The molecular formula is C17H21FN4. The molecule has 0 radical (unpaired) electrons. The Kier molecular flexibility index (Phi) is 4.22. The van der Waals surface area contributed by atoms with Gasteiger partial charge in [0.2, 0.25) is 0 Å². The number of nitrogens with zero attached hydrogens (tertiary/aromatic N) is 3. The van der Waals surface area contributed by atoms with Crippen LogP contribution in [0.25, 0.3) is 0 Å². The highest BCUT2D eigenvalue weighted by molar-refractivity contribution is 5.54. The molecule has 3 heterocycles. The van der Waals surface area contributed by atoms with Crippen molar-refractivity contribution in [1.29, 1.82) is 0 Å². The van der Waals surface area contributed by atoms with Gasteiger partial charge in [-0.2, -0.15) is 0 Å². The molecule has 0 aliphatic carbocycles. The number of aromatic nitrogens is 2. The summed E-state index contributed by atoms with van der Waals surface area (Å²) in [4.78, 5) is 11.1. The highest BCUT2D eigenvalue weighted by atomic mass is 19.1. The molecule has 0 bridgehead atoms. The van der Waals surface area contributed by atoms with Crippen LogP contribution in [0.2, 0.25) is 0 Å². The number of pyridine rings is 2. The standard InChI is InChI=1S/C17H21FN4/c1-12(15-6-5-14(18)11-19-15)20-16-7-8-17(21-13(16)2)22-9-3-4-10-22/h5-8,11-12,20H,3-4,9-10H2,1-2H3/t12-/m1/s1. The Morgan fingerprint density at radius 3 is 2.59 bits per heavy atom. The van der Waals surface area contributed by atoms with Crippen LogP contribution in [-0.2, 0) is 0 Å². The zero-order valence-corrected chi connectivity index (χ0v) is 13.0. The van der Waals surface area contributed by atoms with Gasteiger partial charge in [0.15, 0.2) is 0 Å². The van der Waals surface area contributed by atoms with Crippen molar-refractivity contribution in [1.82, 2.24) is 9.97 Å². The van der Waals surface area contributed by atoms with E-state index in [9.17, 15) is 4.39 Å². The van der Waals surface area contributed by atoms with E-state index in [0.717, 1.165) is 36.0 Å². The predicted octanol–water partition coefficient (Wildman–Crippen LogP) is 3.70. The van der Waals surface area contributed by atoms with Gasteiger partial charge in [-0.25, -0.2) is 9.37 Å². The van der Waals surface area contributed by atoms with Crippen LogP contribution in [-0.4, -0.2) is 23.1 Å². The lowest BCUT2D eigenvalue weighted by Crippen LogP contribution is -2.19. The van der Waals surface area contributed by atoms with Gasteiger partial charge in [0, 0.05) is 13.1 Å². The monoisotopic (exact) mass is 300 g/mol. The molecule has 1 aliphatic heterocycles. The minimum absolute atomic E-state index is 0.00117. The number of hydrogen-bond acceptors (Lipinski definition) is 4. The molecule has 5 heteroatoms. The molecule has 1 fully saturated rings. The first-order valence-electron chi connectivity index (χ1n) is 7.74. The summed E-state index contributed by atoms with van der Waals surface area (Å²) in [6.07, 6.45) is 3.73. The Bertz CT molecular complexity index is 636. The normalized spacial score (nSPS) is 15.9. The molecule has 0 amide bonds. The first-order chi connectivity index (χ1) is 10.6. The molecule has 1 saturated heterocycles. The summed E-state index contributed by atoms with van der Waals surface area (Å²) in [6.45, 7) is 6.20. The summed E-state index contributed by atoms with van der Waals surface area (Å²) in [5.41, 5.74) is 2.77. The maximum atomic E-state index is 12.9. The average Bonchev–Trinajstić information content (AvgIpc) is 3.04. The Labute approximate surface area is 130 Å². The van der Waals surface area contributed by atoms with E-state index in [2.05, 4.69) is 27.3 Å². The van der Waals surface area contributed by atoms with Gasteiger partial charge in [0.1, 0.15) is 11.6 Å². The molecule has 3 rings (SSSR count). The number of aryl methyl sites for hydroxylation is 1. The van der Waals surface area contributed by atoms with E-state index >= 15 is 0 Å². The van der Waals surface area contributed by atoms with Crippen LogP contribution in [0.3, 0.4) is 0 Å². The summed E-state index contributed by atoms with van der Waals surface area (Å²) in [5, 5.41) is 3.40. The van der Waals surface area contributed by atoms with Crippen molar-refractivity contribution < 1.29 is 4.39 Å². The molecule has 1 N–H and O–H groups in total. The number of rotatable bonds is 4. The highest BCUT2D eigenvalue weighted by Crippen LogP contribution is 2.24. The van der Waals surface area contributed by atoms with Crippen LogP contribution in [0, 0.1) is 12.7 Å². The SMILES string of the molecule is Cc1nc(N2CCCC2)ccc1N[C@H](C)c1ccc(F)cn1. The topological polar surface area (TPSA) is 41.1 Å². The largest absolute Gasteiger partial charge is 0.375 e. The first kappa shape index (κ1) is 14.8. The van der Waals surface area contributed by atoms with Gasteiger partial charge < -0.3 is 10.2 Å². The van der Waals surface area contributed by atoms with E-state index in [1.165, 1.54) is 25.1 Å². The fourth-order valence-electron chi connectivity index (χ4n) is 2.77. The minimum atomic E-state index is -0.316. The van der Waals surface area contributed by atoms with E-state index in [4.69, 9.17) is 4.98 Å². The van der Waals surface area contributed by atoms with Crippen LogP contribution in [0.5, 0.6) is 0 Å². The highest BCUT2D eigenvalue weighted by Gasteiger charge is 2.15. The van der Waals surface area contributed by atoms with Gasteiger partial charge in [0.25, 0.3) is 0 Å². The van der Waals surface area contributed by atoms with E-state index in [-0.39, 0.29) is 11.9 Å². The van der Waals surface area contributed by atoms with Crippen LogP contribution < -0.4 is 10.2 Å². The second-order valence-electron chi connectivity index (χ2n) is 5.76. The molecule has 4 nitrogen and oxygen atoms in total. The van der Waals surface area contributed by atoms with E-state index in [1.54, 1.807) is 6.07 Å². The molecule has 1 aliphatic rings. The number of nitrogens with one attached hydrogen (secondary N) is 1. The fraction of sp³-hybridized carbons (Fsp3) is 0.412. The molecule has 2 aromatic heterocycles. The summed E-state index contributed by atoms with van der Waals surface area (Å²) in [6, 6.07) is 7.26. The lowest BCUT2D eigenvalue weighted by atomic mass is 10.2. The molecule has 0 saturated carbocycles. The second kappa shape index (κ2) is 6.30. The third-order valence-corrected chi connectivity index (χ3v) is 4.07. The Balaban J connectivity index is 1.73. The van der Waals surface area contributed by atoms with Crippen molar-refractivity contribution in [2.24, 2.45) is 0 Å². The molecule has 1 atom stereocenters. The van der Waals surface area contributed by atoms with Crippen molar-refractivity contribution in [3.63, 3.8) is 0 Å². The maximum absolute atomic E-state index is 12.9. The minimum Gasteiger partial charge on any atom is -0.375 e. The van der Waals surface area contributed by atoms with Gasteiger partial charge in [-0.05, 0) is 51.0 Å². The second-order valence-corrected chi connectivity index (χ2v) is 5.76.